The SMILES string of the molecule is COc1cc(C)c(OC)c(Cl)c1C=O. The first-order valence-corrected chi connectivity index (χ1v) is 4.39. The second-order valence-electron chi connectivity index (χ2n) is 2.77. The maximum absolute atomic E-state index is 10.8. The Morgan fingerprint density at radius 2 is 2.00 bits per heavy atom. The van der Waals surface area contributed by atoms with E-state index in [0.29, 0.717) is 28.4 Å². The van der Waals surface area contributed by atoms with Crippen molar-refractivity contribution >= 4 is 17.9 Å². The fraction of sp³-hybridized carbons (Fsp3) is 0.300. The van der Waals surface area contributed by atoms with E-state index in [-0.39, 0.29) is 0 Å². The Balaban J connectivity index is 3.46. The topological polar surface area (TPSA) is 35.5 Å². The predicted octanol–water partition coefficient (Wildman–Crippen LogP) is 2.48. The van der Waals surface area contributed by atoms with E-state index in [2.05, 4.69) is 0 Å². The molecule has 0 amide bonds. The van der Waals surface area contributed by atoms with Crippen LogP contribution in [0.25, 0.3) is 0 Å². The van der Waals surface area contributed by atoms with Crippen molar-refractivity contribution in [2.24, 2.45) is 0 Å². The third kappa shape index (κ3) is 1.68. The number of benzene rings is 1. The second kappa shape index (κ2) is 4.33. The van der Waals surface area contributed by atoms with Gasteiger partial charge in [-0.15, -0.1) is 0 Å². The molecule has 0 N–H and O–H groups in total. The number of hydrogen-bond donors (Lipinski definition) is 0. The van der Waals surface area contributed by atoms with E-state index >= 15 is 0 Å². The molecule has 0 fully saturated rings. The quantitative estimate of drug-likeness (QED) is 0.726. The lowest BCUT2D eigenvalue weighted by molar-refractivity contribution is 0.112. The lowest BCUT2D eigenvalue weighted by atomic mass is 10.1. The zero-order chi connectivity index (χ0) is 10.7. The predicted molar refractivity (Wildman–Crippen MR) is 54.7 cm³/mol. The standard InChI is InChI=1S/C10H11ClO3/c1-6-4-8(13-2)7(5-12)9(11)10(6)14-3/h4-5H,1-3H3. The van der Waals surface area contributed by atoms with Gasteiger partial charge in [-0.1, -0.05) is 11.6 Å². The van der Waals surface area contributed by atoms with Gasteiger partial charge in [0.1, 0.15) is 11.5 Å². The van der Waals surface area contributed by atoms with E-state index in [4.69, 9.17) is 21.1 Å². The second-order valence-corrected chi connectivity index (χ2v) is 3.15. The highest BCUT2D eigenvalue weighted by Gasteiger charge is 2.15. The molecule has 0 atom stereocenters. The normalized spacial score (nSPS) is 9.71. The van der Waals surface area contributed by atoms with Crippen LogP contribution < -0.4 is 9.47 Å². The smallest absolute Gasteiger partial charge is 0.155 e. The molecule has 0 aliphatic heterocycles. The van der Waals surface area contributed by atoms with Gasteiger partial charge in [0.05, 0.1) is 24.8 Å². The van der Waals surface area contributed by atoms with Gasteiger partial charge in [0.25, 0.3) is 0 Å². The number of carbonyl (C=O) groups excluding carboxylic acids is 1. The highest BCUT2D eigenvalue weighted by atomic mass is 35.5. The van der Waals surface area contributed by atoms with Gasteiger partial charge in [0.15, 0.2) is 6.29 Å². The van der Waals surface area contributed by atoms with Crippen LogP contribution in [0.3, 0.4) is 0 Å². The number of halogens is 1. The van der Waals surface area contributed by atoms with Crippen molar-refractivity contribution < 1.29 is 14.3 Å². The summed E-state index contributed by atoms with van der Waals surface area (Å²) in [5.41, 5.74) is 1.15. The molecule has 14 heavy (non-hydrogen) atoms. The molecule has 0 aliphatic carbocycles. The van der Waals surface area contributed by atoms with Crippen LogP contribution in [0.2, 0.25) is 5.02 Å². The molecule has 1 rings (SSSR count). The minimum Gasteiger partial charge on any atom is -0.496 e. The van der Waals surface area contributed by atoms with E-state index in [1.807, 2.05) is 6.92 Å². The molecular formula is C10H11ClO3. The van der Waals surface area contributed by atoms with E-state index in [1.54, 1.807) is 6.07 Å². The first-order chi connectivity index (χ1) is 6.65. The number of ether oxygens (including phenoxy) is 2. The third-order valence-corrected chi connectivity index (χ3v) is 2.32. The van der Waals surface area contributed by atoms with Crippen LogP contribution in [-0.4, -0.2) is 20.5 Å². The molecule has 0 saturated carbocycles. The number of methoxy groups -OCH3 is 2. The zero-order valence-corrected chi connectivity index (χ0v) is 9.01. The van der Waals surface area contributed by atoms with E-state index in [1.165, 1.54) is 14.2 Å². The van der Waals surface area contributed by atoms with Crippen molar-refractivity contribution in [1.82, 2.24) is 0 Å². The lowest BCUT2D eigenvalue weighted by Crippen LogP contribution is -1.97. The largest absolute Gasteiger partial charge is 0.496 e. The molecule has 76 valence electrons. The van der Waals surface area contributed by atoms with Crippen molar-refractivity contribution in [3.63, 3.8) is 0 Å². The number of aryl methyl sites for hydroxylation is 1. The first kappa shape index (κ1) is 10.9. The summed E-state index contributed by atoms with van der Waals surface area (Å²) in [6, 6.07) is 1.72. The van der Waals surface area contributed by atoms with Crippen molar-refractivity contribution in [1.29, 1.82) is 0 Å². The van der Waals surface area contributed by atoms with Gasteiger partial charge in [-0.3, -0.25) is 4.79 Å². The van der Waals surface area contributed by atoms with Crippen molar-refractivity contribution in [2.45, 2.75) is 6.92 Å². The molecule has 1 aromatic rings. The van der Waals surface area contributed by atoms with Crippen LogP contribution in [0.4, 0.5) is 0 Å². The van der Waals surface area contributed by atoms with Gasteiger partial charge < -0.3 is 9.47 Å². The highest BCUT2D eigenvalue weighted by Crippen LogP contribution is 2.36. The molecule has 3 nitrogen and oxygen atoms in total. The van der Waals surface area contributed by atoms with Gasteiger partial charge in [0.2, 0.25) is 0 Å². The molecule has 1 aromatic carbocycles. The lowest BCUT2D eigenvalue weighted by Gasteiger charge is -2.12. The third-order valence-electron chi connectivity index (χ3n) is 1.95. The summed E-state index contributed by atoms with van der Waals surface area (Å²) in [5, 5.41) is 0.291. The van der Waals surface area contributed by atoms with Crippen molar-refractivity contribution in [2.75, 3.05) is 14.2 Å². The Kier molecular flexibility index (Phi) is 3.36. The van der Waals surface area contributed by atoms with E-state index in [0.717, 1.165) is 5.56 Å². The molecule has 0 aromatic heterocycles. The van der Waals surface area contributed by atoms with E-state index in [9.17, 15) is 4.79 Å². The maximum Gasteiger partial charge on any atom is 0.155 e. The number of rotatable bonds is 3. The summed E-state index contributed by atoms with van der Waals surface area (Å²) >= 11 is 5.96. The van der Waals surface area contributed by atoms with Crippen molar-refractivity contribution in [3.05, 3.63) is 22.2 Å². The van der Waals surface area contributed by atoms with Gasteiger partial charge in [-0.2, -0.15) is 0 Å². The van der Waals surface area contributed by atoms with Gasteiger partial charge in [-0.25, -0.2) is 0 Å². The molecule has 0 aliphatic rings. The summed E-state index contributed by atoms with van der Waals surface area (Å²) in [6.07, 6.45) is 0.656. The molecular weight excluding hydrogens is 204 g/mol. The fourth-order valence-electron chi connectivity index (χ4n) is 1.27. The molecule has 0 unspecified atom stereocenters. The number of carbonyl (C=O) groups is 1. The maximum atomic E-state index is 10.8. The Hall–Kier alpha value is -1.22. The average molecular weight is 215 g/mol. The van der Waals surface area contributed by atoms with Gasteiger partial charge in [0, 0.05) is 0 Å². The molecule has 0 spiro atoms. The van der Waals surface area contributed by atoms with Gasteiger partial charge in [-0.05, 0) is 18.6 Å². The minimum absolute atomic E-state index is 0.291. The van der Waals surface area contributed by atoms with Gasteiger partial charge >= 0.3 is 0 Å². The molecule has 0 saturated heterocycles. The van der Waals surface area contributed by atoms with Crippen LogP contribution in [0, 0.1) is 6.92 Å². The number of hydrogen-bond acceptors (Lipinski definition) is 3. The summed E-state index contributed by atoms with van der Waals surface area (Å²) < 4.78 is 10.1. The van der Waals surface area contributed by atoms with Crippen molar-refractivity contribution in [3.8, 4) is 11.5 Å². The Morgan fingerprint density at radius 3 is 2.43 bits per heavy atom. The van der Waals surface area contributed by atoms with E-state index < -0.39 is 0 Å². The number of aldehydes is 1. The molecule has 0 heterocycles. The molecule has 0 radical (unpaired) electrons. The monoisotopic (exact) mass is 214 g/mol. The molecule has 0 bridgehead atoms. The summed E-state index contributed by atoms with van der Waals surface area (Å²) in [6.45, 7) is 1.84. The summed E-state index contributed by atoms with van der Waals surface area (Å²) in [5.74, 6) is 0.970. The molecule has 4 heteroatoms. The zero-order valence-electron chi connectivity index (χ0n) is 8.26. The highest BCUT2D eigenvalue weighted by molar-refractivity contribution is 6.34. The Bertz CT molecular complexity index is 361. The minimum atomic E-state index is 0.291. The van der Waals surface area contributed by atoms with Crippen LogP contribution >= 0.6 is 11.6 Å². The Morgan fingerprint density at radius 1 is 1.36 bits per heavy atom. The summed E-state index contributed by atoms with van der Waals surface area (Å²) in [7, 11) is 3.00. The summed E-state index contributed by atoms with van der Waals surface area (Å²) in [4.78, 5) is 10.8. The van der Waals surface area contributed by atoms with Crippen LogP contribution in [0.5, 0.6) is 11.5 Å². The average Bonchev–Trinajstić information content (AvgIpc) is 2.17. The van der Waals surface area contributed by atoms with Crippen LogP contribution in [0.1, 0.15) is 15.9 Å². The van der Waals surface area contributed by atoms with Crippen LogP contribution in [-0.2, 0) is 0 Å². The first-order valence-electron chi connectivity index (χ1n) is 4.02. The Labute approximate surface area is 87.6 Å². The fourth-order valence-corrected chi connectivity index (χ4v) is 1.64. The van der Waals surface area contributed by atoms with Crippen LogP contribution in [0.15, 0.2) is 6.07 Å².